The highest BCUT2D eigenvalue weighted by molar-refractivity contribution is 6.30. The molecule has 0 bridgehead atoms. The van der Waals surface area contributed by atoms with Crippen molar-refractivity contribution in [1.82, 2.24) is 10.6 Å². The summed E-state index contributed by atoms with van der Waals surface area (Å²) in [5.74, 6) is 0.817. The Morgan fingerprint density at radius 2 is 2.24 bits per heavy atom. The molecule has 0 aliphatic heterocycles. The van der Waals surface area contributed by atoms with E-state index in [4.69, 9.17) is 16.3 Å². The number of hydrogen-bond acceptors (Lipinski definition) is 3. The third kappa shape index (κ3) is 4.63. The summed E-state index contributed by atoms with van der Waals surface area (Å²) in [6.45, 7) is 1.25. The highest BCUT2D eigenvalue weighted by atomic mass is 35.5. The fraction of sp³-hybridized carbons (Fsp3) is 0.417. The Labute approximate surface area is 106 Å². The van der Waals surface area contributed by atoms with Crippen molar-refractivity contribution in [1.29, 1.82) is 0 Å². The van der Waals surface area contributed by atoms with Gasteiger partial charge in [0, 0.05) is 37.1 Å². The Hall–Kier alpha value is -1.26. The lowest BCUT2D eigenvalue weighted by Crippen LogP contribution is -2.24. The largest absolute Gasteiger partial charge is 0.496 e. The van der Waals surface area contributed by atoms with Gasteiger partial charge in [-0.05, 0) is 18.2 Å². The smallest absolute Gasteiger partial charge is 0.221 e. The van der Waals surface area contributed by atoms with Gasteiger partial charge in [0.15, 0.2) is 0 Å². The molecule has 0 aliphatic carbocycles. The molecule has 1 aromatic carbocycles. The maximum absolute atomic E-state index is 11.0. The number of nitrogens with one attached hydrogen (secondary N) is 2. The molecule has 4 nitrogen and oxygen atoms in total. The molecule has 0 saturated carbocycles. The van der Waals surface area contributed by atoms with Gasteiger partial charge >= 0.3 is 0 Å². The van der Waals surface area contributed by atoms with Crippen LogP contribution in [0.25, 0.3) is 0 Å². The second-order valence-electron chi connectivity index (χ2n) is 3.56. The van der Waals surface area contributed by atoms with Crippen molar-refractivity contribution in [2.75, 3.05) is 20.7 Å². The minimum Gasteiger partial charge on any atom is -0.496 e. The number of carbonyl (C=O) groups excluding carboxylic acids is 1. The number of carbonyl (C=O) groups is 1. The van der Waals surface area contributed by atoms with E-state index in [1.165, 1.54) is 0 Å². The zero-order chi connectivity index (χ0) is 12.7. The molecule has 0 saturated heterocycles. The van der Waals surface area contributed by atoms with Gasteiger partial charge < -0.3 is 15.4 Å². The van der Waals surface area contributed by atoms with Gasteiger partial charge in [0.1, 0.15) is 5.75 Å². The van der Waals surface area contributed by atoms with Crippen molar-refractivity contribution in [3.63, 3.8) is 0 Å². The highest BCUT2D eigenvalue weighted by Gasteiger charge is 2.04. The van der Waals surface area contributed by atoms with E-state index in [9.17, 15) is 4.79 Å². The van der Waals surface area contributed by atoms with Crippen molar-refractivity contribution in [3.8, 4) is 5.75 Å². The number of ether oxygens (including phenoxy) is 1. The van der Waals surface area contributed by atoms with Gasteiger partial charge in [-0.25, -0.2) is 0 Å². The lowest BCUT2D eigenvalue weighted by Gasteiger charge is -2.09. The highest BCUT2D eigenvalue weighted by Crippen LogP contribution is 2.22. The van der Waals surface area contributed by atoms with Gasteiger partial charge in [-0.1, -0.05) is 11.6 Å². The van der Waals surface area contributed by atoms with Crippen LogP contribution in [-0.2, 0) is 11.3 Å². The van der Waals surface area contributed by atoms with Gasteiger partial charge in [-0.15, -0.1) is 0 Å². The fourth-order valence-corrected chi connectivity index (χ4v) is 1.63. The van der Waals surface area contributed by atoms with Crippen LogP contribution in [0.15, 0.2) is 18.2 Å². The van der Waals surface area contributed by atoms with Crippen molar-refractivity contribution in [2.45, 2.75) is 13.0 Å². The molecule has 0 aliphatic rings. The normalized spacial score (nSPS) is 10.1. The Balaban J connectivity index is 2.45. The molecule has 1 rings (SSSR count). The lowest BCUT2D eigenvalue weighted by atomic mass is 10.2. The molecule has 1 aromatic rings. The van der Waals surface area contributed by atoms with Crippen molar-refractivity contribution >= 4 is 17.5 Å². The quantitative estimate of drug-likeness (QED) is 0.760. The predicted octanol–water partition coefficient (Wildman–Crippen LogP) is 1.57. The number of rotatable bonds is 6. The molecule has 2 N–H and O–H groups in total. The molecule has 0 radical (unpaired) electrons. The molecule has 0 spiro atoms. The molecule has 17 heavy (non-hydrogen) atoms. The molecule has 0 fully saturated rings. The molecular formula is C12H17ClN2O2. The average Bonchev–Trinajstić information content (AvgIpc) is 2.34. The Bertz CT molecular complexity index is 383. The van der Waals surface area contributed by atoms with Crippen LogP contribution < -0.4 is 15.4 Å². The monoisotopic (exact) mass is 256 g/mol. The van der Waals surface area contributed by atoms with E-state index in [1.807, 2.05) is 12.1 Å². The second-order valence-corrected chi connectivity index (χ2v) is 3.99. The maximum atomic E-state index is 11.0. The first kappa shape index (κ1) is 13.8. The topological polar surface area (TPSA) is 50.4 Å². The molecule has 5 heteroatoms. The minimum absolute atomic E-state index is 0.0237. The SMILES string of the molecule is CNC(=O)CCNCc1cc(Cl)ccc1OC. The van der Waals surface area contributed by atoms with Gasteiger partial charge in [0.2, 0.25) is 5.91 Å². The molecule has 0 unspecified atom stereocenters. The van der Waals surface area contributed by atoms with E-state index in [-0.39, 0.29) is 5.91 Å². The third-order valence-electron chi connectivity index (χ3n) is 2.37. The van der Waals surface area contributed by atoms with E-state index < -0.39 is 0 Å². The summed E-state index contributed by atoms with van der Waals surface area (Å²) in [7, 11) is 3.25. The fourth-order valence-electron chi connectivity index (χ4n) is 1.44. The number of benzene rings is 1. The van der Waals surface area contributed by atoms with E-state index >= 15 is 0 Å². The van der Waals surface area contributed by atoms with Crippen LogP contribution in [0.2, 0.25) is 5.02 Å². The Morgan fingerprint density at radius 3 is 2.88 bits per heavy atom. The summed E-state index contributed by atoms with van der Waals surface area (Å²) in [5, 5.41) is 6.41. The summed E-state index contributed by atoms with van der Waals surface area (Å²) in [5.41, 5.74) is 0.983. The Kier molecular flexibility index (Phi) is 5.80. The van der Waals surface area contributed by atoms with Crippen molar-refractivity contribution in [3.05, 3.63) is 28.8 Å². The van der Waals surface area contributed by atoms with E-state index in [0.29, 0.717) is 24.5 Å². The van der Waals surface area contributed by atoms with Crippen LogP contribution in [-0.4, -0.2) is 26.6 Å². The lowest BCUT2D eigenvalue weighted by molar-refractivity contribution is -0.120. The first-order chi connectivity index (χ1) is 8.17. The minimum atomic E-state index is 0.0237. The summed E-state index contributed by atoms with van der Waals surface area (Å²) >= 11 is 5.91. The van der Waals surface area contributed by atoms with Crippen LogP contribution in [0, 0.1) is 0 Å². The van der Waals surface area contributed by atoms with Crippen LogP contribution in [0.4, 0.5) is 0 Å². The molecule has 0 heterocycles. The molecule has 94 valence electrons. The summed E-state index contributed by atoms with van der Waals surface area (Å²) in [6.07, 6.45) is 0.458. The number of amides is 1. The van der Waals surface area contributed by atoms with E-state index in [1.54, 1.807) is 20.2 Å². The first-order valence-electron chi connectivity index (χ1n) is 5.41. The molecule has 0 aromatic heterocycles. The van der Waals surface area contributed by atoms with Crippen LogP contribution in [0.1, 0.15) is 12.0 Å². The summed E-state index contributed by atoms with van der Waals surface area (Å²) in [4.78, 5) is 11.0. The molecular weight excluding hydrogens is 240 g/mol. The van der Waals surface area contributed by atoms with Gasteiger partial charge in [0.25, 0.3) is 0 Å². The van der Waals surface area contributed by atoms with Gasteiger partial charge in [-0.3, -0.25) is 4.79 Å². The van der Waals surface area contributed by atoms with Crippen LogP contribution in [0.5, 0.6) is 5.75 Å². The summed E-state index contributed by atoms with van der Waals surface area (Å²) < 4.78 is 5.22. The average molecular weight is 257 g/mol. The standard InChI is InChI=1S/C12H17ClN2O2/c1-14-12(16)5-6-15-8-9-7-10(13)3-4-11(9)17-2/h3-4,7,15H,5-6,8H2,1-2H3,(H,14,16). The Morgan fingerprint density at radius 1 is 1.47 bits per heavy atom. The molecule has 0 atom stereocenters. The van der Waals surface area contributed by atoms with Crippen LogP contribution >= 0.6 is 11.6 Å². The van der Waals surface area contributed by atoms with E-state index in [0.717, 1.165) is 11.3 Å². The zero-order valence-electron chi connectivity index (χ0n) is 10.0. The maximum Gasteiger partial charge on any atom is 0.221 e. The first-order valence-corrected chi connectivity index (χ1v) is 5.79. The predicted molar refractivity (Wildman–Crippen MR) is 68.4 cm³/mol. The van der Waals surface area contributed by atoms with Gasteiger partial charge in [0.05, 0.1) is 7.11 Å². The van der Waals surface area contributed by atoms with Crippen molar-refractivity contribution < 1.29 is 9.53 Å². The van der Waals surface area contributed by atoms with E-state index in [2.05, 4.69) is 10.6 Å². The third-order valence-corrected chi connectivity index (χ3v) is 2.60. The van der Waals surface area contributed by atoms with Crippen LogP contribution in [0.3, 0.4) is 0 Å². The van der Waals surface area contributed by atoms with Crippen molar-refractivity contribution in [2.24, 2.45) is 0 Å². The second kappa shape index (κ2) is 7.14. The number of halogens is 1. The zero-order valence-corrected chi connectivity index (χ0v) is 10.8. The number of methoxy groups -OCH3 is 1. The molecule has 1 amide bonds. The van der Waals surface area contributed by atoms with Gasteiger partial charge in [-0.2, -0.15) is 0 Å². The number of hydrogen-bond donors (Lipinski definition) is 2. The summed E-state index contributed by atoms with van der Waals surface area (Å²) in [6, 6.07) is 5.47.